The SMILES string of the molecule is CCCCCCCCCCCCCCCCC12C=CC=CC1(c1ccccc1)O2.[Na]. The van der Waals surface area contributed by atoms with Crippen LogP contribution in [0.25, 0.3) is 0 Å². The van der Waals surface area contributed by atoms with Gasteiger partial charge in [0.05, 0.1) is 0 Å². The second-order valence-electron chi connectivity index (χ2n) is 9.16. The molecule has 0 N–H and O–H groups in total. The van der Waals surface area contributed by atoms with Crippen LogP contribution >= 0.6 is 0 Å². The summed E-state index contributed by atoms with van der Waals surface area (Å²) < 4.78 is 6.38. The van der Waals surface area contributed by atoms with Crippen LogP contribution in [0.3, 0.4) is 0 Å². The molecule has 30 heavy (non-hydrogen) atoms. The molecule has 0 spiro atoms. The third-order valence-electron chi connectivity index (χ3n) is 6.84. The second kappa shape index (κ2) is 13.9. The first-order valence-corrected chi connectivity index (χ1v) is 12.5. The fourth-order valence-corrected chi connectivity index (χ4v) is 4.98. The molecule has 2 atom stereocenters. The Morgan fingerprint density at radius 3 is 1.70 bits per heavy atom. The normalized spacial score (nSPS) is 23.8. The average molecular weight is 418 g/mol. The Morgan fingerprint density at radius 2 is 1.13 bits per heavy atom. The first-order valence-electron chi connectivity index (χ1n) is 12.5. The van der Waals surface area contributed by atoms with E-state index in [9.17, 15) is 0 Å². The summed E-state index contributed by atoms with van der Waals surface area (Å²) in [7, 11) is 0. The van der Waals surface area contributed by atoms with Crippen molar-refractivity contribution in [1.29, 1.82) is 0 Å². The van der Waals surface area contributed by atoms with Crippen LogP contribution in [0.2, 0.25) is 0 Å². The minimum absolute atomic E-state index is 0. The summed E-state index contributed by atoms with van der Waals surface area (Å²) in [5.41, 5.74) is 1.02. The molecule has 0 bridgehead atoms. The Labute approximate surface area is 208 Å². The standard InChI is InChI=1S/C28H42O.Na/c1-2-3-4-5-6-7-8-9-10-11-12-13-14-18-23-27-24-19-20-25-28(27,29-27)26-21-16-15-17-22-26;/h15-17,19-22,24-25H,2-14,18,23H2,1H3;. The van der Waals surface area contributed by atoms with E-state index in [1.807, 2.05) is 0 Å². The van der Waals surface area contributed by atoms with E-state index in [1.165, 1.54) is 95.5 Å². The molecular weight excluding hydrogens is 375 g/mol. The predicted molar refractivity (Wildman–Crippen MR) is 131 cm³/mol. The van der Waals surface area contributed by atoms with Crippen molar-refractivity contribution in [2.24, 2.45) is 0 Å². The zero-order chi connectivity index (χ0) is 20.3. The van der Waals surface area contributed by atoms with Crippen LogP contribution in [0.5, 0.6) is 0 Å². The Hall–Kier alpha value is -0.340. The number of hydrogen-bond acceptors (Lipinski definition) is 1. The zero-order valence-electron chi connectivity index (χ0n) is 19.7. The van der Waals surface area contributed by atoms with Crippen molar-refractivity contribution in [3.8, 4) is 0 Å². The summed E-state index contributed by atoms with van der Waals surface area (Å²) >= 11 is 0. The van der Waals surface area contributed by atoms with Gasteiger partial charge in [-0.1, -0.05) is 139 Å². The topological polar surface area (TPSA) is 12.5 Å². The number of rotatable bonds is 16. The van der Waals surface area contributed by atoms with E-state index in [2.05, 4.69) is 61.6 Å². The van der Waals surface area contributed by atoms with Gasteiger partial charge >= 0.3 is 0 Å². The summed E-state index contributed by atoms with van der Waals surface area (Å²) in [6.45, 7) is 2.29. The Balaban J connectivity index is 0.00000320. The van der Waals surface area contributed by atoms with Gasteiger partial charge in [0.25, 0.3) is 0 Å². The van der Waals surface area contributed by atoms with Gasteiger partial charge in [0, 0.05) is 29.6 Å². The van der Waals surface area contributed by atoms with E-state index in [1.54, 1.807) is 0 Å². The maximum Gasteiger partial charge on any atom is 0.145 e. The third kappa shape index (κ3) is 7.09. The van der Waals surface area contributed by atoms with Gasteiger partial charge in [0.2, 0.25) is 0 Å². The summed E-state index contributed by atoms with van der Waals surface area (Å²) in [5, 5.41) is 0. The van der Waals surface area contributed by atoms with Gasteiger partial charge in [-0.15, -0.1) is 0 Å². The van der Waals surface area contributed by atoms with E-state index < -0.39 is 0 Å². The Morgan fingerprint density at radius 1 is 0.633 bits per heavy atom. The summed E-state index contributed by atoms with van der Waals surface area (Å²) in [6, 6.07) is 10.7. The molecule has 161 valence electrons. The van der Waals surface area contributed by atoms with Crippen molar-refractivity contribution in [3.05, 3.63) is 60.2 Å². The van der Waals surface area contributed by atoms with Crippen LogP contribution in [0, 0.1) is 0 Å². The molecule has 1 aromatic rings. The summed E-state index contributed by atoms with van der Waals surface area (Å²) in [6.07, 6.45) is 29.7. The monoisotopic (exact) mass is 417 g/mol. The van der Waals surface area contributed by atoms with Gasteiger partial charge in [-0.25, -0.2) is 0 Å². The van der Waals surface area contributed by atoms with Crippen molar-refractivity contribution in [2.75, 3.05) is 0 Å². The molecule has 2 unspecified atom stereocenters. The number of benzene rings is 1. The van der Waals surface area contributed by atoms with E-state index in [0.29, 0.717) is 0 Å². The van der Waals surface area contributed by atoms with Crippen molar-refractivity contribution in [1.82, 2.24) is 0 Å². The second-order valence-corrected chi connectivity index (χ2v) is 9.16. The molecule has 1 heterocycles. The first kappa shape index (κ1) is 25.9. The molecular formula is C28H42NaO. The molecule has 1 radical (unpaired) electrons. The van der Waals surface area contributed by atoms with Gasteiger partial charge in [-0.2, -0.15) is 0 Å². The molecule has 2 heteroatoms. The molecule has 3 rings (SSSR count). The quantitative estimate of drug-likeness (QED) is 0.150. The van der Waals surface area contributed by atoms with Crippen molar-refractivity contribution >= 4 is 29.6 Å². The van der Waals surface area contributed by atoms with Crippen LogP contribution in [0.1, 0.15) is 109 Å². The molecule has 1 fully saturated rings. The van der Waals surface area contributed by atoms with Crippen LogP contribution in [0.4, 0.5) is 0 Å². The molecule has 2 aliphatic rings. The number of fused-ring (bicyclic) bond motifs is 1. The Kier molecular flexibility index (Phi) is 12.0. The Bertz CT molecular complexity index is 637. The largest absolute Gasteiger partial charge is 0.348 e. The number of epoxide rings is 1. The van der Waals surface area contributed by atoms with Gasteiger partial charge < -0.3 is 4.74 Å². The fraction of sp³-hybridized carbons (Fsp3) is 0.643. The van der Waals surface area contributed by atoms with Crippen LogP contribution in [-0.4, -0.2) is 35.2 Å². The summed E-state index contributed by atoms with van der Waals surface area (Å²) in [5.74, 6) is 0. The number of unbranched alkanes of at least 4 members (excludes halogenated alkanes) is 13. The molecule has 1 aliphatic heterocycles. The van der Waals surface area contributed by atoms with Crippen LogP contribution in [0.15, 0.2) is 54.6 Å². The smallest absolute Gasteiger partial charge is 0.145 e. The zero-order valence-corrected chi connectivity index (χ0v) is 21.7. The minimum Gasteiger partial charge on any atom is -0.348 e. The molecule has 0 aromatic heterocycles. The molecule has 0 amide bonds. The van der Waals surface area contributed by atoms with E-state index in [0.717, 1.165) is 6.42 Å². The van der Waals surface area contributed by atoms with E-state index in [-0.39, 0.29) is 40.8 Å². The average Bonchev–Trinajstić information content (AvgIpc) is 3.45. The van der Waals surface area contributed by atoms with Crippen LogP contribution < -0.4 is 0 Å². The first-order chi connectivity index (χ1) is 14.3. The van der Waals surface area contributed by atoms with Crippen molar-refractivity contribution < 1.29 is 4.74 Å². The van der Waals surface area contributed by atoms with Gasteiger partial charge in [-0.05, 0) is 24.1 Å². The number of hydrogen-bond donors (Lipinski definition) is 0. The predicted octanol–water partition coefficient (Wildman–Crippen LogP) is 8.27. The van der Waals surface area contributed by atoms with Gasteiger partial charge in [0.15, 0.2) is 0 Å². The van der Waals surface area contributed by atoms with Crippen molar-refractivity contribution in [3.63, 3.8) is 0 Å². The fourth-order valence-electron chi connectivity index (χ4n) is 4.98. The maximum atomic E-state index is 6.38. The van der Waals surface area contributed by atoms with Gasteiger partial charge in [-0.3, -0.25) is 0 Å². The van der Waals surface area contributed by atoms with Gasteiger partial charge in [0.1, 0.15) is 11.2 Å². The van der Waals surface area contributed by atoms with E-state index in [4.69, 9.17) is 4.74 Å². The molecule has 0 saturated carbocycles. The van der Waals surface area contributed by atoms with Crippen molar-refractivity contribution in [2.45, 2.75) is 114 Å². The third-order valence-corrected chi connectivity index (χ3v) is 6.84. The number of ether oxygens (including phenoxy) is 1. The maximum absolute atomic E-state index is 6.38. The molecule has 1 saturated heterocycles. The minimum atomic E-state index is -0.195. The summed E-state index contributed by atoms with van der Waals surface area (Å²) in [4.78, 5) is 0. The molecule has 1 nitrogen and oxygen atoms in total. The molecule has 1 aliphatic carbocycles. The molecule has 1 aromatic carbocycles. The van der Waals surface area contributed by atoms with Crippen LogP contribution in [-0.2, 0) is 10.3 Å². The number of allylic oxidation sites excluding steroid dienone is 2. The van der Waals surface area contributed by atoms with E-state index >= 15 is 0 Å².